The molecule has 1 aromatic carbocycles. The Morgan fingerprint density at radius 2 is 1.37 bits per heavy atom. The van der Waals surface area contributed by atoms with Crippen LogP contribution in [0, 0.1) is 34.6 Å². The maximum absolute atomic E-state index is 6.46. The molecule has 0 unspecified atom stereocenters. The van der Waals surface area contributed by atoms with Crippen molar-refractivity contribution in [2.24, 2.45) is 5.73 Å². The van der Waals surface area contributed by atoms with Crippen LogP contribution >= 0.6 is 23.7 Å². The summed E-state index contributed by atoms with van der Waals surface area (Å²) in [5.41, 5.74) is 15.8. The quantitative estimate of drug-likeness (QED) is 0.849. The molecule has 0 aliphatic carbocycles. The molecule has 2 rings (SSSR count). The minimum Gasteiger partial charge on any atom is -0.320 e. The molecule has 19 heavy (non-hydrogen) atoms. The van der Waals surface area contributed by atoms with Gasteiger partial charge in [-0.1, -0.05) is 0 Å². The predicted octanol–water partition coefficient (Wildman–Crippen LogP) is 4.76. The van der Waals surface area contributed by atoms with Gasteiger partial charge in [-0.15, -0.1) is 12.4 Å². The highest BCUT2D eigenvalue weighted by Crippen LogP contribution is 2.32. The summed E-state index contributed by atoms with van der Waals surface area (Å²) in [5.74, 6) is 0. The first kappa shape index (κ1) is 16.2. The second-order valence-electron chi connectivity index (χ2n) is 5.07. The Bertz CT molecular complexity index is 544. The van der Waals surface area contributed by atoms with Crippen LogP contribution in [0.2, 0.25) is 0 Å². The summed E-state index contributed by atoms with van der Waals surface area (Å²) in [6, 6.07) is 2.12. The molecule has 0 radical (unpaired) electrons. The molecule has 2 aromatic rings. The van der Waals surface area contributed by atoms with Crippen LogP contribution < -0.4 is 5.73 Å². The van der Waals surface area contributed by atoms with Crippen molar-refractivity contribution in [3.05, 3.63) is 55.8 Å². The normalized spacial score (nSPS) is 12.1. The molecule has 1 heterocycles. The lowest BCUT2D eigenvalue weighted by molar-refractivity contribution is 0.847. The maximum Gasteiger partial charge on any atom is 0.0565 e. The van der Waals surface area contributed by atoms with E-state index in [1.807, 2.05) is 0 Å². The Morgan fingerprint density at radius 1 is 0.895 bits per heavy atom. The summed E-state index contributed by atoms with van der Waals surface area (Å²) in [6.45, 7) is 11.0. The summed E-state index contributed by atoms with van der Waals surface area (Å²) in [7, 11) is 0. The summed E-state index contributed by atoms with van der Waals surface area (Å²) in [5, 5.41) is 4.24. The van der Waals surface area contributed by atoms with E-state index in [-0.39, 0.29) is 18.4 Å². The Balaban J connectivity index is 0.00000180. The number of benzene rings is 1. The fraction of sp³-hybridized carbons (Fsp3) is 0.375. The molecule has 0 saturated carbocycles. The third-order valence-electron chi connectivity index (χ3n) is 4.27. The number of hydrogen-bond donors (Lipinski definition) is 1. The van der Waals surface area contributed by atoms with Gasteiger partial charge in [0.15, 0.2) is 0 Å². The molecule has 0 bridgehead atoms. The van der Waals surface area contributed by atoms with Crippen molar-refractivity contribution in [3.63, 3.8) is 0 Å². The van der Waals surface area contributed by atoms with Crippen molar-refractivity contribution >= 4 is 23.7 Å². The molecule has 1 aromatic heterocycles. The van der Waals surface area contributed by atoms with E-state index in [0.717, 1.165) is 0 Å². The van der Waals surface area contributed by atoms with Gasteiger partial charge in [-0.25, -0.2) is 0 Å². The van der Waals surface area contributed by atoms with Gasteiger partial charge >= 0.3 is 0 Å². The van der Waals surface area contributed by atoms with Crippen LogP contribution in [-0.4, -0.2) is 0 Å². The number of thiophene rings is 1. The Hall–Kier alpha value is -0.830. The van der Waals surface area contributed by atoms with Gasteiger partial charge in [-0.3, -0.25) is 0 Å². The lowest BCUT2D eigenvalue weighted by Crippen LogP contribution is -2.16. The third-order valence-corrected chi connectivity index (χ3v) is 4.97. The van der Waals surface area contributed by atoms with Crippen LogP contribution in [0.3, 0.4) is 0 Å². The molecule has 0 aliphatic heterocycles. The molecule has 104 valence electrons. The molecule has 0 amide bonds. The van der Waals surface area contributed by atoms with Gasteiger partial charge in [0.25, 0.3) is 0 Å². The van der Waals surface area contributed by atoms with Gasteiger partial charge in [0, 0.05) is 0 Å². The van der Waals surface area contributed by atoms with Crippen LogP contribution in [0.1, 0.15) is 45.0 Å². The van der Waals surface area contributed by atoms with Crippen molar-refractivity contribution in [3.8, 4) is 0 Å². The molecular weight excluding hydrogens is 274 g/mol. The molecular formula is C16H22ClNS. The fourth-order valence-corrected chi connectivity index (χ4v) is 3.31. The number of hydrogen-bond acceptors (Lipinski definition) is 2. The van der Waals surface area contributed by atoms with E-state index in [1.54, 1.807) is 11.3 Å². The van der Waals surface area contributed by atoms with Crippen LogP contribution in [0.4, 0.5) is 0 Å². The number of rotatable bonds is 2. The number of halogens is 1. The molecule has 0 spiro atoms. The van der Waals surface area contributed by atoms with Crippen molar-refractivity contribution < 1.29 is 0 Å². The molecule has 3 heteroatoms. The molecule has 2 N–H and O–H groups in total. The van der Waals surface area contributed by atoms with E-state index in [1.165, 1.54) is 38.9 Å². The minimum atomic E-state index is -0.00532. The second kappa shape index (κ2) is 6.08. The van der Waals surface area contributed by atoms with Crippen molar-refractivity contribution in [1.29, 1.82) is 0 Å². The van der Waals surface area contributed by atoms with Crippen LogP contribution in [-0.2, 0) is 0 Å². The summed E-state index contributed by atoms with van der Waals surface area (Å²) < 4.78 is 0. The van der Waals surface area contributed by atoms with Gasteiger partial charge in [0.05, 0.1) is 6.04 Å². The first-order valence-corrected chi connectivity index (χ1v) is 7.24. The fourth-order valence-electron chi connectivity index (χ4n) is 2.61. The minimum absolute atomic E-state index is 0. The van der Waals surface area contributed by atoms with Crippen LogP contribution in [0.25, 0.3) is 0 Å². The summed E-state index contributed by atoms with van der Waals surface area (Å²) >= 11 is 1.71. The second-order valence-corrected chi connectivity index (χ2v) is 5.85. The topological polar surface area (TPSA) is 26.0 Å². The maximum atomic E-state index is 6.46. The lowest BCUT2D eigenvalue weighted by Gasteiger charge is -2.22. The largest absolute Gasteiger partial charge is 0.320 e. The molecule has 0 aliphatic rings. The van der Waals surface area contributed by atoms with Gasteiger partial charge in [0.1, 0.15) is 0 Å². The SMILES string of the molecule is Cc1c(C)c(C)c([C@H](N)c2ccsc2)c(C)c1C.Cl. The highest BCUT2D eigenvalue weighted by atomic mass is 35.5. The van der Waals surface area contributed by atoms with E-state index >= 15 is 0 Å². The zero-order valence-electron chi connectivity index (χ0n) is 12.2. The van der Waals surface area contributed by atoms with Gasteiger partial charge in [-0.05, 0) is 90.4 Å². The smallest absolute Gasteiger partial charge is 0.0565 e. The Labute approximate surface area is 126 Å². The van der Waals surface area contributed by atoms with Crippen molar-refractivity contribution in [1.82, 2.24) is 0 Å². The number of nitrogens with two attached hydrogens (primary N) is 1. The van der Waals surface area contributed by atoms with E-state index in [2.05, 4.69) is 51.4 Å². The zero-order chi connectivity index (χ0) is 13.4. The van der Waals surface area contributed by atoms with E-state index < -0.39 is 0 Å². The first-order valence-electron chi connectivity index (χ1n) is 6.29. The summed E-state index contributed by atoms with van der Waals surface area (Å²) in [4.78, 5) is 0. The van der Waals surface area contributed by atoms with Gasteiger partial charge < -0.3 is 5.73 Å². The average molecular weight is 296 g/mol. The summed E-state index contributed by atoms with van der Waals surface area (Å²) in [6.07, 6.45) is 0. The molecule has 1 nitrogen and oxygen atoms in total. The highest BCUT2D eigenvalue weighted by Gasteiger charge is 2.18. The lowest BCUT2D eigenvalue weighted by atomic mass is 9.85. The van der Waals surface area contributed by atoms with E-state index in [9.17, 15) is 0 Å². The molecule has 1 atom stereocenters. The monoisotopic (exact) mass is 295 g/mol. The van der Waals surface area contributed by atoms with Gasteiger partial charge in [-0.2, -0.15) is 11.3 Å². The highest BCUT2D eigenvalue weighted by molar-refractivity contribution is 7.08. The van der Waals surface area contributed by atoms with Crippen molar-refractivity contribution in [2.45, 2.75) is 40.7 Å². The standard InChI is InChI=1S/C16H21NS.ClH/c1-9-10(2)12(4)15(13(5)11(9)3)16(17)14-6-7-18-8-14;/h6-8,16H,17H2,1-5H3;1H/t16-;/m1./s1. The Morgan fingerprint density at radius 3 is 1.79 bits per heavy atom. The predicted molar refractivity (Wildman–Crippen MR) is 87.7 cm³/mol. The molecule has 0 fully saturated rings. The first-order chi connectivity index (χ1) is 8.45. The third kappa shape index (κ3) is 2.71. The van der Waals surface area contributed by atoms with Crippen LogP contribution in [0.5, 0.6) is 0 Å². The van der Waals surface area contributed by atoms with E-state index in [0.29, 0.717) is 0 Å². The van der Waals surface area contributed by atoms with Gasteiger partial charge in [0.2, 0.25) is 0 Å². The zero-order valence-corrected chi connectivity index (χ0v) is 13.8. The Kier molecular flexibility index (Phi) is 5.19. The van der Waals surface area contributed by atoms with E-state index in [4.69, 9.17) is 5.73 Å². The van der Waals surface area contributed by atoms with Crippen LogP contribution in [0.15, 0.2) is 16.8 Å². The average Bonchev–Trinajstić information content (AvgIpc) is 2.88. The molecule has 0 saturated heterocycles. The van der Waals surface area contributed by atoms with Crippen molar-refractivity contribution in [2.75, 3.05) is 0 Å².